The van der Waals surface area contributed by atoms with Crippen LogP contribution in [0.4, 0.5) is 0 Å². The van der Waals surface area contributed by atoms with E-state index in [1.807, 2.05) is 6.92 Å². The fourth-order valence-corrected chi connectivity index (χ4v) is 2.38. The molecule has 0 radical (unpaired) electrons. The van der Waals surface area contributed by atoms with E-state index >= 15 is 0 Å². The fraction of sp³-hybridized carbons (Fsp3) is 0.917. The summed E-state index contributed by atoms with van der Waals surface area (Å²) in [6, 6.07) is 0.631. The van der Waals surface area contributed by atoms with Gasteiger partial charge < -0.3 is 9.84 Å². The highest BCUT2D eigenvalue weighted by Crippen LogP contribution is 2.29. The minimum absolute atomic E-state index is 0.186. The van der Waals surface area contributed by atoms with Crippen molar-refractivity contribution in [1.82, 2.24) is 4.90 Å². The second-order valence-electron chi connectivity index (χ2n) is 4.89. The van der Waals surface area contributed by atoms with Crippen LogP contribution < -0.4 is 0 Å². The lowest BCUT2D eigenvalue weighted by molar-refractivity contribution is -0.170. The Balaban J connectivity index is 2.31. The molecular weight excluding hydrogens is 206 g/mol. The molecule has 4 heteroatoms. The number of carbonyl (C=O) groups is 1. The van der Waals surface area contributed by atoms with Crippen molar-refractivity contribution in [3.8, 4) is 0 Å². The molecule has 0 amide bonds. The summed E-state index contributed by atoms with van der Waals surface area (Å²) in [6.45, 7) is 7.92. The van der Waals surface area contributed by atoms with Gasteiger partial charge in [0, 0.05) is 19.1 Å². The van der Waals surface area contributed by atoms with Crippen molar-refractivity contribution in [2.75, 3.05) is 19.7 Å². The largest absolute Gasteiger partial charge is 0.480 e. The molecule has 0 aromatic rings. The van der Waals surface area contributed by atoms with E-state index < -0.39 is 5.97 Å². The van der Waals surface area contributed by atoms with Crippen molar-refractivity contribution >= 4 is 5.97 Å². The van der Waals surface area contributed by atoms with Crippen LogP contribution in [0.15, 0.2) is 0 Å². The lowest BCUT2D eigenvalue weighted by atomic mass is 9.92. The van der Waals surface area contributed by atoms with Crippen LogP contribution >= 0.6 is 0 Å². The number of hydrogen-bond donors (Lipinski definition) is 1. The predicted octanol–water partition coefficient (Wildman–Crippen LogP) is 1.74. The van der Waals surface area contributed by atoms with Crippen molar-refractivity contribution in [2.24, 2.45) is 0 Å². The second kappa shape index (κ2) is 5.64. The van der Waals surface area contributed by atoms with Crippen LogP contribution in [0.25, 0.3) is 0 Å². The van der Waals surface area contributed by atoms with Gasteiger partial charge in [0.1, 0.15) is 6.61 Å². The Kier molecular flexibility index (Phi) is 4.74. The molecule has 1 aliphatic heterocycles. The van der Waals surface area contributed by atoms with E-state index in [0.29, 0.717) is 6.04 Å². The maximum Gasteiger partial charge on any atom is 0.329 e. The Morgan fingerprint density at radius 1 is 1.50 bits per heavy atom. The highest BCUT2D eigenvalue weighted by Gasteiger charge is 2.42. The van der Waals surface area contributed by atoms with Crippen LogP contribution in [0.1, 0.15) is 40.0 Å². The standard InChI is InChI=1S/C12H23NO3/c1-4-6-10(5-2)13-8-12(3,9-13)16-7-11(14)15/h10H,4-9H2,1-3H3,(H,14,15). The molecule has 1 aliphatic rings. The minimum atomic E-state index is -0.889. The molecule has 1 saturated heterocycles. The van der Waals surface area contributed by atoms with Gasteiger partial charge in [0.25, 0.3) is 0 Å². The third-order valence-electron chi connectivity index (χ3n) is 3.23. The molecule has 1 unspecified atom stereocenters. The molecule has 1 N–H and O–H groups in total. The molecule has 4 nitrogen and oxygen atoms in total. The first-order chi connectivity index (χ1) is 7.50. The summed E-state index contributed by atoms with van der Waals surface area (Å²) >= 11 is 0. The molecule has 1 heterocycles. The molecular formula is C12H23NO3. The van der Waals surface area contributed by atoms with Gasteiger partial charge in [0.15, 0.2) is 0 Å². The number of carboxylic acids is 1. The Hall–Kier alpha value is -0.610. The smallest absolute Gasteiger partial charge is 0.329 e. The monoisotopic (exact) mass is 229 g/mol. The van der Waals surface area contributed by atoms with Gasteiger partial charge in [-0.05, 0) is 19.8 Å². The van der Waals surface area contributed by atoms with Crippen LogP contribution in [-0.2, 0) is 9.53 Å². The quantitative estimate of drug-likeness (QED) is 0.722. The van der Waals surface area contributed by atoms with E-state index in [1.54, 1.807) is 0 Å². The lowest BCUT2D eigenvalue weighted by Gasteiger charge is -2.50. The van der Waals surface area contributed by atoms with Crippen molar-refractivity contribution in [3.63, 3.8) is 0 Å². The van der Waals surface area contributed by atoms with Crippen LogP contribution in [0.5, 0.6) is 0 Å². The van der Waals surface area contributed by atoms with Crippen LogP contribution in [0.2, 0.25) is 0 Å². The number of rotatable bonds is 7. The van der Waals surface area contributed by atoms with Crippen molar-refractivity contribution in [2.45, 2.75) is 51.7 Å². The van der Waals surface area contributed by atoms with E-state index in [9.17, 15) is 4.79 Å². The minimum Gasteiger partial charge on any atom is -0.480 e. The summed E-state index contributed by atoms with van der Waals surface area (Å²) in [4.78, 5) is 12.8. The van der Waals surface area contributed by atoms with E-state index in [2.05, 4.69) is 18.7 Å². The highest BCUT2D eigenvalue weighted by molar-refractivity contribution is 5.68. The maximum absolute atomic E-state index is 10.4. The third kappa shape index (κ3) is 3.46. The Bertz CT molecular complexity index is 236. The van der Waals surface area contributed by atoms with Crippen molar-refractivity contribution in [3.05, 3.63) is 0 Å². The zero-order valence-corrected chi connectivity index (χ0v) is 10.5. The molecule has 0 aromatic heterocycles. The molecule has 0 aromatic carbocycles. The van der Waals surface area contributed by atoms with Crippen LogP contribution in [0, 0.1) is 0 Å². The summed E-state index contributed by atoms with van der Waals surface area (Å²) in [5.41, 5.74) is -0.250. The Morgan fingerprint density at radius 3 is 2.56 bits per heavy atom. The van der Waals surface area contributed by atoms with Crippen molar-refractivity contribution < 1.29 is 14.6 Å². The number of ether oxygens (including phenoxy) is 1. The molecule has 1 atom stereocenters. The average molecular weight is 229 g/mol. The number of likely N-dealkylation sites (tertiary alicyclic amines) is 1. The third-order valence-corrected chi connectivity index (χ3v) is 3.23. The lowest BCUT2D eigenvalue weighted by Crippen LogP contribution is -2.64. The fourth-order valence-electron chi connectivity index (χ4n) is 2.38. The van der Waals surface area contributed by atoms with Gasteiger partial charge in [0.05, 0.1) is 5.60 Å². The van der Waals surface area contributed by atoms with Gasteiger partial charge >= 0.3 is 5.97 Å². The van der Waals surface area contributed by atoms with E-state index in [4.69, 9.17) is 9.84 Å². The number of aliphatic carboxylic acids is 1. The molecule has 0 aliphatic carbocycles. The van der Waals surface area contributed by atoms with Gasteiger partial charge in [-0.3, -0.25) is 4.90 Å². The molecule has 1 rings (SSSR count). The van der Waals surface area contributed by atoms with Gasteiger partial charge in [-0.2, -0.15) is 0 Å². The van der Waals surface area contributed by atoms with Gasteiger partial charge in [-0.25, -0.2) is 4.79 Å². The van der Waals surface area contributed by atoms with E-state index in [1.165, 1.54) is 12.8 Å². The molecule has 0 spiro atoms. The zero-order chi connectivity index (χ0) is 12.2. The van der Waals surface area contributed by atoms with E-state index in [-0.39, 0.29) is 12.2 Å². The Labute approximate surface area is 97.6 Å². The Morgan fingerprint density at radius 2 is 2.12 bits per heavy atom. The molecule has 94 valence electrons. The summed E-state index contributed by atoms with van der Waals surface area (Å²) in [7, 11) is 0. The first kappa shape index (κ1) is 13.5. The van der Waals surface area contributed by atoms with E-state index in [0.717, 1.165) is 19.5 Å². The first-order valence-corrected chi connectivity index (χ1v) is 6.10. The SMILES string of the molecule is CCCC(CC)N1CC(C)(OCC(=O)O)C1. The van der Waals surface area contributed by atoms with Crippen LogP contribution in [-0.4, -0.2) is 47.3 Å². The number of carboxylic acid groups (broad SMARTS) is 1. The maximum atomic E-state index is 10.4. The number of hydrogen-bond acceptors (Lipinski definition) is 3. The average Bonchev–Trinajstić information content (AvgIpc) is 2.19. The molecule has 16 heavy (non-hydrogen) atoms. The topological polar surface area (TPSA) is 49.8 Å². The summed E-state index contributed by atoms with van der Waals surface area (Å²) < 4.78 is 5.39. The predicted molar refractivity (Wildman–Crippen MR) is 62.6 cm³/mol. The molecule has 0 saturated carbocycles. The van der Waals surface area contributed by atoms with Crippen LogP contribution in [0.3, 0.4) is 0 Å². The van der Waals surface area contributed by atoms with Crippen molar-refractivity contribution in [1.29, 1.82) is 0 Å². The highest BCUT2D eigenvalue weighted by atomic mass is 16.5. The summed E-state index contributed by atoms with van der Waals surface area (Å²) in [6.07, 6.45) is 3.57. The summed E-state index contributed by atoms with van der Waals surface area (Å²) in [5, 5.41) is 8.56. The first-order valence-electron chi connectivity index (χ1n) is 6.10. The van der Waals surface area contributed by atoms with Gasteiger partial charge in [-0.1, -0.05) is 20.3 Å². The van der Waals surface area contributed by atoms with Gasteiger partial charge in [-0.15, -0.1) is 0 Å². The number of nitrogens with zero attached hydrogens (tertiary/aromatic N) is 1. The second-order valence-corrected chi connectivity index (χ2v) is 4.89. The molecule has 1 fully saturated rings. The zero-order valence-electron chi connectivity index (χ0n) is 10.5. The summed E-state index contributed by atoms with van der Waals surface area (Å²) in [5.74, 6) is -0.889. The molecule has 0 bridgehead atoms. The van der Waals surface area contributed by atoms with Gasteiger partial charge in [0.2, 0.25) is 0 Å². The normalized spacial score (nSPS) is 21.4.